The van der Waals surface area contributed by atoms with Crippen LogP contribution in [0.25, 0.3) is 0 Å². The standard InChI is InChI=1S/C12H22N2O3/c1-4-6-12(3,10(15)16)13-11(17)14-7-5-9(2)8-14/h9H,4-8H2,1-3H3,(H,13,17)(H,15,16). The predicted octanol–water partition coefficient (Wildman–Crippen LogP) is 1.68. The van der Waals surface area contributed by atoms with E-state index in [1.165, 1.54) is 0 Å². The Morgan fingerprint density at radius 1 is 1.53 bits per heavy atom. The molecule has 1 saturated heterocycles. The third-order valence-electron chi connectivity index (χ3n) is 3.32. The Bertz CT molecular complexity index is 306. The van der Waals surface area contributed by atoms with Gasteiger partial charge in [0.05, 0.1) is 0 Å². The van der Waals surface area contributed by atoms with E-state index in [0.29, 0.717) is 18.9 Å². The van der Waals surface area contributed by atoms with Crippen LogP contribution in [0.3, 0.4) is 0 Å². The quantitative estimate of drug-likeness (QED) is 0.788. The predicted molar refractivity (Wildman–Crippen MR) is 64.8 cm³/mol. The first-order valence-electron chi connectivity index (χ1n) is 6.19. The first-order valence-corrected chi connectivity index (χ1v) is 6.19. The number of rotatable bonds is 4. The van der Waals surface area contributed by atoms with Crippen molar-refractivity contribution in [3.63, 3.8) is 0 Å². The van der Waals surface area contributed by atoms with Crippen molar-refractivity contribution in [3.05, 3.63) is 0 Å². The Morgan fingerprint density at radius 3 is 2.59 bits per heavy atom. The van der Waals surface area contributed by atoms with Gasteiger partial charge in [0.15, 0.2) is 0 Å². The molecule has 98 valence electrons. The number of nitrogens with one attached hydrogen (secondary N) is 1. The van der Waals surface area contributed by atoms with Crippen molar-refractivity contribution < 1.29 is 14.7 Å². The van der Waals surface area contributed by atoms with Crippen LogP contribution in [0.1, 0.15) is 40.0 Å². The first kappa shape index (κ1) is 13.8. The van der Waals surface area contributed by atoms with Crippen molar-refractivity contribution >= 4 is 12.0 Å². The third-order valence-corrected chi connectivity index (χ3v) is 3.32. The van der Waals surface area contributed by atoms with Gasteiger partial charge in [-0.15, -0.1) is 0 Å². The van der Waals surface area contributed by atoms with E-state index < -0.39 is 11.5 Å². The molecule has 0 aromatic heterocycles. The molecule has 2 unspecified atom stereocenters. The van der Waals surface area contributed by atoms with Gasteiger partial charge in [-0.05, 0) is 25.7 Å². The summed E-state index contributed by atoms with van der Waals surface area (Å²) in [6.07, 6.45) is 2.15. The molecule has 1 aliphatic rings. The lowest BCUT2D eigenvalue weighted by Gasteiger charge is -2.28. The summed E-state index contributed by atoms with van der Waals surface area (Å²) < 4.78 is 0. The maximum atomic E-state index is 11.9. The number of likely N-dealkylation sites (tertiary alicyclic amines) is 1. The molecule has 2 amide bonds. The van der Waals surface area contributed by atoms with E-state index in [-0.39, 0.29) is 6.03 Å². The Kier molecular flexibility index (Phi) is 4.37. The van der Waals surface area contributed by atoms with Gasteiger partial charge in [0.2, 0.25) is 0 Å². The van der Waals surface area contributed by atoms with Crippen LogP contribution in [-0.2, 0) is 4.79 Å². The highest BCUT2D eigenvalue weighted by atomic mass is 16.4. The summed E-state index contributed by atoms with van der Waals surface area (Å²) in [5.74, 6) is -0.469. The number of carbonyl (C=O) groups is 2. The van der Waals surface area contributed by atoms with E-state index in [0.717, 1.165) is 19.4 Å². The van der Waals surface area contributed by atoms with Gasteiger partial charge in [0, 0.05) is 13.1 Å². The lowest BCUT2D eigenvalue weighted by atomic mass is 9.96. The smallest absolute Gasteiger partial charge is 0.329 e. The highest BCUT2D eigenvalue weighted by molar-refractivity contribution is 5.86. The van der Waals surface area contributed by atoms with Crippen LogP contribution in [-0.4, -0.2) is 40.6 Å². The molecule has 0 bridgehead atoms. The van der Waals surface area contributed by atoms with E-state index >= 15 is 0 Å². The fraction of sp³-hybridized carbons (Fsp3) is 0.833. The van der Waals surface area contributed by atoms with Crippen molar-refractivity contribution in [1.82, 2.24) is 10.2 Å². The lowest BCUT2D eigenvalue weighted by molar-refractivity contribution is -0.144. The molecule has 1 heterocycles. The summed E-state index contributed by atoms with van der Waals surface area (Å²) in [5.41, 5.74) is -1.16. The van der Waals surface area contributed by atoms with Gasteiger partial charge < -0.3 is 15.3 Å². The number of carboxylic acids is 1. The van der Waals surface area contributed by atoms with Gasteiger partial charge in [-0.25, -0.2) is 9.59 Å². The minimum absolute atomic E-state index is 0.257. The van der Waals surface area contributed by atoms with Gasteiger partial charge in [-0.1, -0.05) is 20.3 Å². The fourth-order valence-corrected chi connectivity index (χ4v) is 2.16. The van der Waals surface area contributed by atoms with Gasteiger partial charge >= 0.3 is 12.0 Å². The average molecular weight is 242 g/mol. The SMILES string of the molecule is CCCC(C)(NC(=O)N1CCC(C)C1)C(=O)O. The Morgan fingerprint density at radius 2 is 2.18 bits per heavy atom. The van der Waals surface area contributed by atoms with Crippen LogP contribution < -0.4 is 5.32 Å². The molecule has 0 radical (unpaired) electrons. The topological polar surface area (TPSA) is 69.6 Å². The molecule has 2 N–H and O–H groups in total. The van der Waals surface area contributed by atoms with Gasteiger partial charge in [-0.3, -0.25) is 0 Å². The zero-order valence-corrected chi connectivity index (χ0v) is 10.8. The number of hydrogen-bond donors (Lipinski definition) is 2. The van der Waals surface area contributed by atoms with Crippen molar-refractivity contribution in [2.75, 3.05) is 13.1 Å². The fourth-order valence-electron chi connectivity index (χ4n) is 2.16. The monoisotopic (exact) mass is 242 g/mol. The molecule has 5 heteroatoms. The highest BCUT2D eigenvalue weighted by Crippen LogP contribution is 2.18. The molecule has 0 spiro atoms. The molecule has 0 aromatic carbocycles. The van der Waals surface area contributed by atoms with Crippen LogP contribution in [0.2, 0.25) is 0 Å². The van der Waals surface area contributed by atoms with Gasteiger partial charge in [-0.2, -0.15) is 0 Å². The first-order chi connectivity index (χ1) is 7.89. The molecule has 2 atom stereocenters. The summed E-state index contributed by atoms with van der Waals surface area (Å²) >= 11 is 0. The van der Waals surface area contributed by atoms with E-state index in [4.69, 9.17) is 0 Å². The second-order valence-electron chi connectivity index (χ2n) is 5.16. The minimum Gasteiger partial charge on any atom is -0.480 e. The zero-order valence-electron chi connectivity index (χ0n) is 10.8. The summed E-state index contributed by atoms with van der Waals surface area (Å²) in [6, 6.07) is -0.257. The molecular weight excluding hydrogens is 220 g/mol. The van der Waals surface area contributed by atoms with Gasteiger partial charge in [0.1, 0.15) is 5.54 Å². The zero-order chi connectivity index (χ0) is 13.1. The number of hydrogen-bond acceptors (Lipinski definition) is 2. The van der Waals surface area contributed by atoms with Crippen molar-refractivity contribution in [2.45, 2.75) is 45.6 Å². The van der Waals surface area contributed by atoms with Crippen LogP contribution in [0.5, 0.6) is 0 Å². The van der Waals surface area contributed by atoms with Gasteiger partial charge in [0.25, 0.3) is 0 Å². The van der Waals surface area contributed by atoms with E-state index in [9.17, 15) is 14.7 Å². The highest BCUT2D eigenvalue weighted by Gasteiger charge is 2.36. The number of carboxylic acid groups (broad SMARTS) is 1. The van der Waals surface area contributed by atoms with Crippen molar-refractivity contribution in [1.29, 1.82) is 0 Å². The molecule has 5 nitrogen and oxygen atoms in total. The Balaban J connectivity index is 2.61. The molecule has 1 aliphatic heterocycles. The molecule has 0 aliphatic carbocycles. The van der Waals surface area contributed by atoms with Crippen LogP contribution in [0.4, 0.5) is 4.79 Å². The summed E-state index contributed by atoms with van der Waals surface area (Å²) in [7, 11) is 0. The Labute approximate surface area is 102 Å². The summed E-state index contributed by atoms with van der Waals surface area (Å²) in [4.78, 5) is 24.8. The molecule has 1 fully saturated rings. The second kappa shape index (κ2) is 5.38. The maximum absolute atomic E-state index is 11.9. The van der Waals surface area contributed by atoms with E-state index in [2.05, 4.69) is 12.2 Å². The third kappa shape index (κ3) is 3.35. The summed E-state index contributed by atoms with van der Waals surface area (Å²) in [6.45, 7) is 7.00. The molecule has 1 rings (SSSR count). The van der Waals surface area contributed by atoms with Crippen LogP contribution in [0.15, 0.2) is 0 Å². The van der Waals surface area contributed by atoms with E-state index in [1.807, 2.05) is 6.92 Å². The maximum Gasteiger partial charge on any atom is 0.329 e. The van der Waals surface area contributed by atoms with Crippen LogP contribution in [0, 0.1) is 5.92 Å². The number of urea groups is 1. The Hall–Kier alpha value is -1.26. The van der Waals surface area contributed by atoms with Crippen LogP contribution >= 0.6 is 0 Å². The van der Waals surface area contributed by atoms with E-state index in [1.54, 1.807) is 11.8 Å². The molecular formula is C12H22N2O3. The molecule has 0 aromatic rings. The van der Waals surface area contributed by atoms with Crippen molar-refractivity contribution in [2.24, 2.45) is 5.92 Å². The number of aliphatic carboxylic acids is 1. The number of carbonyl (C=O) groups excluding carboxylic acids is 1. The number of nitrogens with zero attached hydrogens (tertiary/aromatic N) is 1. The molecule has 0 saturated carbocycles. The normalized spacial score (nSPS) is 23.2. The average Bonchev–Trinajstić information content (AvgIpc) is 2.65. The minimum atomic E-state index is -1.16. The number of amides is 2. The largest absolute Gasteiger partial charge is 0.480 e. The second-order valence-corrected chi connectivity index (χ2v) is 5.16. The lowest BCUT2D eigenvalue weighted by Crippen LogP contribution is -2.55. The summed E-state index contributed by atoms with van der Waals surface area (Å²) in [5, 5.41) is 11.8. The molecule has 17 heavy (non-hydrogen) atoms. The van der Waals surface area contributed by atoms with Crippen molar-refractivity contribution in [3.8, 4) is 0 Å².